The van der Waals surface area contributed by atoms with Crippen molar-refractivity contribution in [2.24, 2.45) is 0 Å². The van der Waals surface area contributed by atoms with Gasteiger partial charge in [0, 0.05) is 6.20 Å². The number of alkyl halides is 3. The Labute approximate surface area is 111 Å². The lowest BCUT2D eigenvalue weighted by Crippen LogP contribution is -2.06. The van der Waals surface area contributed by atoms with Crippen molar-refractivity contribution in [1.29, 1.82) is 0 Å². The molecule has 0 amide bonds. The van der Waals surface area contributed by atoms with Crippen LogP contribution in [0.2, 0.25) is 5.02 Å². The van der Waals surface area contributed by atoms with Gasteiger partial charge in [-0.3, -0.25) is 0 Å². The molecule has 0 radical (unpaired) electrons. The molecule has 0 aliphatic carbocycles. The first-order valence-corrected chi connectivity index (χ1v) is 5.51. The van der Waals surface area contributed by atoms with Gasteiger partial charge in [0.25, 0.3) is 0 Å². The van der Waals surface area contributed by atoms with E-state index in [9.17, 15) is 13.2 Å². The minimum atomic E-state index is -4.45. The summed E-state index contributed by atoms with van der Waals surface area (Å²) in [6.45, 7) is 0. The number of anilines is 1. The predicted molar refractivity (Wildman–Crippen MR) is 65.2 cm³/mol. The monoisotopic (exact) mass is 288 g/mol. The smallest absolute Gasteiger partial charge is 0.416 e. The van der Waals surface area contributed by atoms with Gasteiger partial charge in [-0.15, -0.1) is 0 Å². The van der Waals surface area contributed by atoms with Crippen molar-refractivity contribution in [1.82, 2.24) is 4.98 Å². The standard InChI is InChI=1S/C12H8ClF3N2O/c13-8-2-1-5-18-11(8)19-10-4-3-7(6-9(10)17)12(14,15)16/h1-6H,17H2. The SMILES string of the molecule is Nc1cc(C(F)(F)F)ccc1Oc1ncccc1Cl. The molecule has 0 bridgehead atoms. The second-order valence-corrected chi connectivity index (χ2v) is 4.05. The lowest BCUT2D eigenvalue weighted by atomic mass is 10.2. The van der Waals surface area contributed by atoms with Gasteiger partial charge in [-0.05, 0) is 30.3 Å². The molecule has 2 N–H and O–H groups in total. The maximum absolute atomic E-state index is 12.5. The van der Waals surface area contributed by atoms with Gasteiger partial charge < -0.3 is 10.5 Å². The Morgan fingerprint density at radius 3 is 2.53 bits per heavy atom. The highest BCUT2D eigenvalue weighted by atomic mass is 35.5. The molecule has 0 saturated carbocycles. The number of nitrogen functional groups attached to an aromatic ring is 1. The Balaban J connectivity index is 2.30. The number of ether oxygens (including phenoxy) is 1. The molecule has 0 fully saturated rings. The van der Waals surface area contributed by atoms with Crippen LogP contribution in [-0.2, 0) is 6.18 Å². The summed E-state index contributed by atoms with van der Waals surface area (Å²) in [4.78, 5) is 3.85. The summed E-state index contributed by atoms with van der Waals surface area (Å²) in [5.41, 5.74) is 4.53. The molecule has 3 nitrogen and oxygen atoms in total. The van der Waals surface area contributed by atoms with Crippen LogP contribution in [0.15, 0.2) is 36.5 Å². The average molecular weight is 289 g/mol. The van der Waals surface area contributed by atoms with Crippen LogP contribution in [0.5, 0.6) is 11.6 Å². The number of hydrogen-bond acceptors (Lipinski definition) is 3. The third-order valence-corrected chi connectivity index (χ3v) is 2.56. The molecule has 2 aromatic rings. The van der Waals surface area contributed by atoms with Crippen LogP contribution in [-0.4, -0.2) is 4.98 Å². The minimum absolute atomic E-state index is 0.0635. The van der Waals surface area contributed by atoms with Gasteiger partial charge in [0.1, 0.15) is 5.02 Å². The van der Waals surface area contributed by atoms with Crippen molar-refractivity contribution in [3.63, 3.8) is 0 Å². The van der Waals surface area contributed by atoms with Gasteiger partial charge in [0.15, 0.2) is 5.75 Å². The molecule has 1 aromatic carbocycles. The summed E-state index contributed by atoms with van der Waals surface area (Å²) in [5, 5.41) is 0.238. The zero-order valence-corrected chi connectivity index (χ0v) is 10.2. The summed E-state index contributed by atoms with van der Waals surface area (Å²) in [6, 6.07) is 5.95. The largest absolute Gasteiger partial charge is 0.435 e. The van der Waals surface area contributed by atoms with E-state index in [4.69, 9.17) is 22.1 Å². The van der Waals surface area contributed by atoms with Crippen LogP contribution >= 0.6 is 11.6 Å². The van der Waals surface area contributed by atoms with E-state index < -0.39 is 11.7 Å². The Morgan fingerprint density at radius 1 is 1.21 bits per heavy atom. The Bertz CT molecular complexity index is 602. The summed E-state index contributed by atoms with van der Waals surface area (Å²) < 4.78 is 42.7. The summed E-state index contributed by atoms with van der Waals surface area (Å²) in [6.07, 6.45) is -3.00. The molecule has 0 spiro atoms. The molecule has 2 rings (SSSR count). The van der Waals surface area contributed by atoms with E-state index in [1.165, 1.54) is 6.20 Å². The molecule has 1 aromatic heterocycles. The van der Waals surface area contributed by atoms with Crippen molar-refractivity contribution >= 4 is 17.3 Å². The van der Waals surface area contributed by atoms with E-state index in [0.29, 0.717) is 0 Å². The van der Waals surface area contributed by atoms with E-state index >= 15 is 0 Å². The van der Waals surface area contributed by atoms with Crippen LogP contribution in [0.4, 0.5) is 18.9 Å². The van der Waals surface area contributed by atoms with Crippen molar-refractivity contribution in [2.75, 3.05) is 5.73 Å². The summed E-state index contributed by atoms with van der Waals surface area (Å²) in [5.74, 6) is 0.143. The van der Waals surface area contributed by atoms with Gasteiger partial charge in [-0.25, -0.2) is 4.98 Å². The number of pyridine rings is 1. The average Bonchev–Trinajstić information content (AvgIpc) is 2.33. The van der Waals surface area contributed by atoms with Crippen molar-refractivity contribution in [3.8, 4) is 11.6 Å². The Hall–Kier alpha value is -1.95. The Morgan fingerprint density at radius 2 is 1.95 bits per heavy atom. The highest BCUT2D eigenvalue weighted by molar-refractivity contribution is 6.31. The number of hydrogen-bond donors (Lipinski definition) is 1. The lowest BCUT2D eigenvalue weighted by Gasteiger charge is -2.11. The zero-order chi connectivity index (χ0) is 14.0. The maximum atomic E-state index is 12.5. The zero-order valence-electron chi connectivity index (χ0n) is 9.41. The molecular formula is C12H8ClF3N2O. The third-order valence-electron chi connectivity index (χ3n) is 2.27. The molecular weight excluding hydrogens is 281 g/mol. The number of nitrogens with zero attached hydrogens (tertiary/aromatic N) is 1. The number of nitrogens with two attached hydrogens (primary N) is 1. The van der Waals surface area contributed by atoms with E-state index in [1.807, 2.05) is 0 Å². The predicted octanol–water partition coefficient (Wildman–Crippen LogP) is 4.13. The van der Waals surface area contributed by atoms with Gasteiger partial charge in [0.2, 0.25) is 5.88 Å². The van der Waals surface area contributed by atoms with Crippen molar-refractivity contribution in [3.05, 3.63) is 47.1 Å². The molecule has 100 valence electrons. The van der Waals surface area contributed by atoms with E-state index in [2.05, 4.69) is 4.98 Å². The van der Waals surface area contributed by atoms with Crippen LogP contribution in [0.25, 0.3) is 0 Å². The van der Waals surface area contributed by atoms with E-state index in [-0.39, 0.29) is 22.3 Å². The summed E-state index contributed by atoms with van der Waals surface area (Å²) >= 11 is 5.82. The van der Waals surface area contributed by atoms with Crippen LogP contribution in [0, 0.1) is 0 Å². The summed E-state index contributed by atoms with van der Waals surface area (Å²) in [7, 11) is 0. The Kier molecular flexibility index (Phi) is 3.53. The number of aromatic nitrogens is 1. The van der Waals surface area contributed by atoms with Crippen LogP contribution in [0.1, 0.15) is 5.56 Å². The molecule has 19 heavy (non-hydrogen) atoms. The number of halogens is 4. The molecule has 0 unspecified atom stereocenters. The molecule has 0 aliphatic rings. The topological polar surface area (TPSA) is 48.1 Å². The molecule has 7 heteroatoms. The number of rotatable bonds is 2. The van der Waals surface area contributed by atoms with E-state index in [1.54, 1.807) is 12.1 Å². The normalized spacial score (nSPS) is 11.4. The minimum Gasteiger partial charge on any atom is -0.435 e. The van der Waals surface area contributed by atoms with Gasteiger partial charge >= 0.3 is 6.18 Å². The lowest BCUT2D eigenvalue weighted by molar-refractivity contribution is -0.137. The fourth-order valence-corrected chi connectivity index (χ4v) is 1.53. The van der Waals surface area contributed by atoms with E-state index in [0.717, 1.165) is 18.2 Å². The quantitative estimate of drug-likeness (QED) is 0.845. The van der Waals surface area contributed by atoms with Crippen LogP contribution in [0.3, 0.4) is 0 Å². The highest BCUT2D eigenvalue weighted by Gasteiger charge is 2.31. The second kappa shape index (κ2) is 4.97. The third kappa shape index (κ3) is 3.08. The van der Waals surface area contributed by atoms with Crippen LogP contribution < -0.4 is 10.5 Å². The fraction of sp³-hybridized carbons (Fsp3) is 0.0833. The number of benzene rings is 1. The van der Waals surface area contributed by atoms with Gasteiger partial charge in [-0.2, -0.15) is 13.2 Å². The first kappa shape index (κ1) is 13.5. The van der Waals surface area contributed by atoms with Crippen molar-refractivity contribution in [2.45, 2.75) is 6.18 Å². The molecule has 0 atom stereocenters. The first-order chi connectivity index (χ1) is 8.88. The molecule has 0 aliphatic heterocycles. The van der Waals surface area contributed by atoms with Crippen molar-refractivity contribution < 1.29 is 17.9 Å². The maximum Gasteiger partial charge on any atom is 0.416 e. The highest BCUT2D eigenvalue weighted by Crippen LogP contribution is 2.36. The molecule has 1 heterocycles. The molecule has 0 saturated heterocycles. The second-order valence-electron chi connectivity index (χ2n) is 3.64. The van der Waals surface area contributed by atoms with Gasteiger partial charge in [-0.1, -0.05) is 11.6 Å². The van der Waals surface area contributed by atoms with Gasteiger partial charge in [0.05, 0.1) is 11.3 Å². The fourth-order valence-electron chi connectivity index (χ4n) is 1.37. The first-order valence-electron chi connectivity index (χ1n) is 5.13.